The second-order valence-electron chi connectivity index (χ2n) is 4.77. The maximum Gasteiger partial charge on any atom is 0.238 e. The fourth-order valence-corrected chi connectivity index (χ4v) is 2.32. The molecule has 0 radical (unpaired) electrons. The van der Waals surface area contributed by atoms with Crippen molar-refractivity contribution in [1.29, 1.82) is 0 Å². The Balaban J connectivity index is 0.00000161. The number of benzene rings is 1. The number of halogens is 1. The zero-order chi connectivity index (χ0) is 13.8. The minimum atomic E-state index is -0.0468. The second-order valence-corrected chi connectivity index (χ2v) is 4.77. The first-order chi connectivity index (χ1) is 9.83. The molecule has 1 saturated heterocycles. The Labute approximate surface area is 129 Å². The van der Waals surface area contributed by atoms with Crippen LogP contribution in [0.2, 0.25) is 0 Å². The van der Waals surface area contributed by atoms with E-state index < -0.39 is 0 Å². The van der Waals surface area contributed by atoms with E-state index in [9.17, 15) is 4.79 Å². The molecule has 6 nitrogen and oxygen atoms in total. The van der Waals surface area contributed by atoms with Gasteiger partial charge in [-0.3, -0.25) is 9.69 Å². The minimum absolute atomic E-state index is 0. The van der Waals surface area contributed by atoms with Gasteiger partial charge < -0.3 is 31.9 Å². The highest BCUT2D eigenvalue weighted by Gasteiger charge is 2.19. The van der Waals surface area contributed by atoms with Gasteiger partial charge in [0.15, 0.2) is 11.5 Å². The third-order valence-corrected chi connectivity index (χ3v) is 3.31. The highest BCUT2D eigenvalue weighted by atomic mass is 35.5. The van der Waals surface area contributed by atoms with Crippen molar-refractivity contribution in [1.82, 2.24) is 4.90 Å². The summed E-state index contributed by atoms with van der Waals surface area (Å²) in [5.74, 6) is 1.25. The molecule has 0 saturated carbocycles. The van der Waals surface area contributed by atoms with Crippen LogP contribution in [0, 0.1) is 0 Å². The molecule has 0 spiro atoms. The number of ether oxygens (including phenoxy) is 3. The Morgan fingerprint density at radius 1 is 1.14 bits per heavy atom. The predicted molar refractivity (Wildman–Crippen MR) is 73.3 cm³/mol. The van der Waals surface area contributed by atoms with Gasteiger partial charge in [-0.2, -0.15) is 0 Å². The number of fused-ring (bicyclic) bond motifs is 1. The van der Waals surface area contributed by atoms with Crippen LogP contribution in [0.4, 0.5) is 5.69 Å². The second kappa shape index (κ2) is 7.49. The zero-order valence-corrected chi connectivity index (χ0v) is 12.4. The maximum absolute atomic E-state index is 12.1. The van der Waals surface area contributed by atoms with E-state index in [-0.39, 0.29) is 18.3 Å². The summed E-state index contributed by atoms with van der Waals surface area (Å²) in [5.41, 5.74) is 0.667. The van der Waals surface area contributed by atoms with Crippen LogP contribution < -0.4 is 27.2 Å². The average molecular weight is 314 g/mol. The number of nitrogens with zero attached hydrogens (tertiary/aromatic N) is 1. The number of carbonyl (C=O) groups excluding carboxylic acids is 1. The highest BCUT2D eigenvalue weighted by molar-refractivity contribution is 5.94. The number of para-hydroxylation sites is 1. The van der Waals surface area contributed by atoms with Crippen LogP contribution in [0.25, 0.3) is 0 Å². The lowest BCUT2D eigenvalue weighted by atomic mass is 10.2. The largest absolute Gasteiger partial charge is 1.00 e. The van der Waals surface area contributed by atoms with E-state index >= 15 is 0 Å². The van der Waals surface area contributed by atoms with Crippen molar-refractivity contribution in [2.75, 3.05) is 51.4 Å². The van der Waals surface area contributed by atoms with Gasteiger partial charge in [-0.1, -0.05) is 6.07 Å². The van der Waals surface area contributed by atoms with Crippen molar-refractivity contribution in [2.24, 2.45) is 0 Å². The molecule has 3 rings (SSSR count). The van der Waals surface area contributed by atoms with Crippen molar-refractivity contribution in [3.63, 3.8) is 0 Å². The molecule has 0 aromatic heterocycles. The monoisotopic (exact) mass is 313 g/mol. The van der Waals surface area contributed by atoms with Gasteiger partial charge in [0.1, 0.15) is 13.2 Å². The summed E-state index contributed by atoms with van der Waals surface area (Å²) in [6.45, 7) is 4.37. The van der Waals surface area contributed by atoms with E-state index in [0.29, 0.717) is 50.2 Å². The van der Waals surface area contributed by atoms with E-state index in [1.54, 1.807) is 0 Å². The van der Waals surface area contributed by atoms with E-state index in [1.807, 2.05) is 18.2 Å². The lowest BCUT2D eigenvalue weighted by Gasteiger charge is -2.26. The maximum atomic E-state index is 12.1. The van der Waals surface area contributed by atoms with E-state index in [2.05, 4.69) is 10.2 Å². The highest BCUT2D eigenvalue weighted by Crippen LogP contribution is 2.37. The molecule has 21 heavy (non-hydrogen) atoms. The number of morpholine rings is 1. The van der Waals surface area contributed by atoms with Gasteiger partial charge in [0.2, 0.25) is 5.91 Å². The molecular weight excluding hydrogens is 296 g/mol. The van der Waals surface area contributed by atoms with Crippen LogP contribution >= 0.6 is 0 Å². The number of nitrogens with one attached hydrogen (secondary N) is 1. The van der Waals surface area contributed by atoms with Crippen LogP contribution in [0.3, 0.4) is 0 Å². The third-order valence-electron chi connectivity index (χ3n) is 3.31. The quantitative estimate of drug-likeness (QED) is 0.682. The molecule has 116 valence electrons. The number of rotatable bonds is 3. The number of hydrogen-bond acceptors (Lipinski definition) is 5. The molecule has 0 bridgehead atoms. The number of anilines is 1. The lowest BCUT2D eigenvalue weighted by molar-refractivity contribution is -0.118. The molecule has 0 aliphatic carbocycles. The number of hydrogen-bond donors (Lipinski definition) is 1. The summed E-state index contributed by atoms with van der Waals surface area (Å²) in [6, 6.07) is 5.51. The fourth-order valence-electron chi connectivity index (χ4n) is 2.32. The summed E-state index contributed by atoms with van der Waals surface area (Å²) < 4.78 is 16.3. The molecule has 1 N–H and O–H groups in total. The molecule has 1 aromatic rings. The van der Waals surface area contributed by atoms with Crippen molar-refractivity contribution < 1.29 is 31.4 Å². The molecule has 1 aromatic carbocycles. The SMILES string of the molecule is O=C(CN1CCOCC1)Nc1cccc2c1OCCO2.[Cl-]. The summed E-state index contributed by atoms with van der Waals surface area (Å²) in [4.78, 5) is 14.2. The van der Waals surface area contributed by atoms with Crippen molar-refractivity contribution in [2.45, 2.75) is 0 Å². The molecule has 7 heteroatoms. The van der Waals surface area contributed by atoms with Gasteiger partial charge in [0, 0.05) is 13.1 Å². The first-order valence-electron chi connectivity index (χ1n) is 6.81. The third kappa shape index (κ3) is 4.00. The van der Waals surface area contributed by atoms with Crippen LogP contribution in [0.15, 0.2) is 18.2 Å². The Hall–Kier alpha value is -1.50. The fraction of sp³-hybridized carbons (Fsp3) is 0.500. The van der Waals surface area contributed by atoms with E-state index in [1.165, 1.54) is 0 Å². The van der Waals surface area contributed by atoms with E-state index in [4.69, 9.17) is 14.2 Å². The van der Waals surface area contributed by atoms with Gasteiger partial charge in [-0.25, -0.2) is 0 Å². The first-order valence-corrected chi connectivity index (χ1v) is 6.81. The molecular formula is C14H18ClN2O4-. The van der Waals surface area contributed by atoms with Crippen molar-refractivity contribution in [3.05, 3.63) is 18.2 Å². The molecule has 2 heterocycles. The van der Waals surface area contributed by atoms with Crippen LogP contribution in [-0.2, 0) is 9.53 Å². The predicted octanol–water partition coefficient (Wildman–Crippen LogP) is -2.27. The minimum Gasteiger partial charge on any atom is -1.00 e. The zero-order valence-electron chi connectivity index (χ0n) is 11.6. The average Bonchev–Trinajstić information content (AvgIpc) is 2.48. The molecule has 2 aliphatic rings. The summed E-state index contributed by atoms with van der Waals surface area (Å²) >= 11 is 0. The molecule has 1 amide bonds. The molecule has 1 fully saturated rings. The molecule has 2 aliphatic heterocycles. The smallest absolute Gasteiger partial charge is 0.238 e. The standard InChI is InChI=1S/C14H18N2O4.ClH/c17-13(10-16-4-6-18-7-5-16)15-11-2-1-3-12-14(11)20-9-8-19-12;/h1-3H,4-10H2,(H,15,17);1H/p-1. The Bertz CT molecular complexity index is 492. The summed E-state index contributed by atoms with van der Waals surface area (Å²) in [7, 11) is 0. The van der Waals surface area contributed by atoms with Crippen LogP contribution in [-0.4, -0.2) is 56.9 Å². The first kappa shape index (κ1) is 15.9. The van der Waals surface area contributed by atoms with Crippen LogP contribution in [0.1, 0.15) is 0 Å². The summed E-state index contributed by atoms with van der Waals surface area (Å²) in [6.07, 6.45) is 0. The van der Waals surface area contributed by atoms with Gasteiger partial charge in [-0.15, -0.1) is 0 Å². The van der Waals surface area contributed by atoms with Crippen LogP contribution in [0.5, 0.6) is 11.5 Å². The molecule has 0 unspecified atom stereocenters. The van der Waals surface area contributed by atoms with Gasteiger partial charge in [0.05, 0.1) is 25.4 Å². The van der Waals surface area contributed by atoms with Gasteiger partial charge in [0.25, 0.3) is 0 Å². The van der Waals surface area contributed by atoms with Gasteiger partial charge in [-0.05, 0) is 12.1 Å². The normalized spacial score (nSPS) is 17.7. The Morgan fingerprint density at radius 2 is 1.90 bits per heavy atom. The van der Waals surface area contributed by atoms with E-state index in [0.717, 1.165) is 13.1 Å². The van der Waals surface area contributed by atoms with Gasteiger partial charge >= 0.3 is 0 Å². The van der Waals surface area contributed by atoms with Crippen molar-refractivity contribution in [3.8, 4) is 11.5 Å². The number of carbonyl (C=O) groups is 1. The Kier molecular flexibility index (Phi) is 5.67. The topological polar surface area (TPSA) is 60.0 Å². The van der Waals surface area contributed by atoms with Crippen molar-refractivity contribution >= 4 is 11.6 Å². The lowest BCUT2D eigenvalue weighted by Crippen LogP contribution is -3.00. The molecule has 0 atom stereocenters. The summed E-state index contributed by atoms with van der Waals surface area (Å²) in [5, 5.41) is 2.89. The Morgan fingerprint density at radius 3 is 2.71 bits per heavy atom. The number of amides is 1.